The number of aryl methyl sites for hydroxylation is 2. The third-order valence-corrected chi connectivity index (χ3v) is 3.17. The highest BCUT2D eigenvalue weighted by Gasteiger charge is 2.16. The van der Waals surface area contributed by atoms with Gasteiger partial charge in [-0.3, -0.25) is 9.13 Å². The van der Waals surface area contributed by atoms with Crippen LogP contribution >= 0.6 is 0 Å². The molecular formula is C12H12N4O2. The fraction of sp³-hybridized carbons (Fsp3) is 0.167. The first-order valence-corrected chi connectivity index (χ1v) is 5.46. The average molecular weight is 244 g/mol. The van der Waals surface area contributed by atoms with Crippen molar-refractivity contribution in [3.05, 3.63) is 34.9 Å². The zero-order chi connectivity index (χ0) is 12.9. The smallest absolute Gasteiger partial charge is 0.328 e. The van der Waals surface area contributed by atoms with E-state index in [0.29, 0.717) is 5.56 Å². The third-order valence-electron chi connectivity index (χ3n) is 3.17. The van der Waals surface area contributed by atoms with E-state index in [9.17, 15) is 4.79 Å². The molecule has 0 unspecified atom stereocenters. The molecule has 2 N–H and O–H groups in total. The number of hydrogen-bond donors (Lipinski definition) is 1. The van der Waals surface area contributed by atoms with Crippen LogP contribution in [0.2, 0.25) is 0 Å². The summed E-state index contributed by atoms with van der Waals surface area (Å²) in [5, 5.41) is 3.67. The molecule has 0 spiro atoms. The molecule has 3 aromatic rings. The number of imidazole rings is 1. The summed E-state index contributed by atoms with van der Waals surface area (Å²) in [6.07, 6.45) is 1.56. The van der Waals surface area contributed by atoms with Crippen LogP contribution in [0.15, 0.2) is 33.7 Å². The molecule has 0 bridgehead atoms. The fourth-order valence-corrected chi connectivity index (χ4v) is 2.25. The van der Waals surface area contributed by atoms with E-state index in [1.54, 1.807) is 29.4 Å². The number of nitrogens with zero attached hydrogens (tertiary/aromatic N) is 3. The topological polar surface area (TPSA) is 79.0 Å². The first-order valence-electron chi connectivity index (χ1n) is 5.46. The standard InChI is InChI=1S/C12H12N4O2/c1-15-9-5-3-4-7(8-6-14-18-11(8)13)10(9)16(2)12(15)17/h3-6H,13H2,1-2H3. The number of aromatic nitrogens is 3. The molecule has 2 aromatic heterocycles. The van der Waals surface area contributed by atoms with Crippen molar-refractivity contribution in [3.63, 3.8) is 0 Å². The van der Waals surface area contributed by atoms with Gasteiger partial charge in [0, 0.05) is 19.7 Å². The van der Waals surface area contributed by atoms with Crippen LogP contribution in [0.4, 0.5) is 5.88 Å². The van der Waals surface area contributed by atoms with E-state index in [1.165, 1.54) is 0 Å². The van der Waals surface area contributed by atoms with Crippen molar-refractivity contribution in [1.29, 1.82) is 0 Å². The predicted molar refractivity (Wildman–Crippen MR) is 68.1 cm³/mol. The molecule has 0 atom stereocenters. The number of benzene rings is 1. The van der Waals surface area contributed by atoms with E-state index in [1.807, 2.05) is 18.2 Å². The van der Waals surface area contributed by atoms with Gasteiger partial charge >= 0.3 is 5.69 Å². The minimum Gasteiger partial charge on any atom is -0.367 e. The third kappa shape index (κ3) is 1.22. The Kier molecular flexibility index (Phi) is 2.07. The van der Waals surface area contributed by atoms with Gasteiger partial charge in [-0.1, -0.05) is 17.3 Å². The Morgan fingerprint density at radius 2 is 2.00 bits per heavy atom. The Morgan fingerprint density at radius 3 is 2.67 bits per heavy atom. The zero-order valence-corrected chi connectivity index (χ0v) is 10.0. The molecule has 0 aliphatic heterocycles. The molecule has 6 heteroatoms. The molecule has 0 saturated carbocycles. The van der Waals surface area contributed by atoms with Crippen molar-refractivity contribution >= 4 is 16.9 Å². The second-order valence-corrected chi connectivity index (χ2v) is 4.18. The minimum absolute atomic E-state index is 0.0764. The molecular weight excluding hydrogens is 232 g/mol. The number of fused-ring (bicyclic) bond motifs is 1. The Balaban J connectivity index is 2.49. The van der Waals surface area contributed by atoms with Crippen LogP contribution < -0.4 is 11.4 Å². The molecule has 0 aliphatic carbocycles. The van der Waals surface area contributed by atoms with Crippen LogP contribution in [0.3, 0.4) is 0 Å². The van der Waals surface area contributed by atoms with E-state index in [-0.39, 0.29) is 11.6 Å². The van der Waals surface area contributed by atoms with Crippen molar-refractivity contribution in [1.82, 2.24) is 14.3 Å². The molecule has 0 saturated heterocycles. The van der Waals surface area contributed by atoms with E-state index in [4.69, 9.17) is 10.3 Å². The molecule has 2 heterocycles. The molecule has 1 aromatic carbocycles. The average Bonchev–Trinajstić information content (AvgIpc) is 2.89. The molecule has 0 fully saturated rings. The number of hydrogen-bond acceptors (Lipinski definition) is 4. The highest BCUT2D eigenvalue weighted by Crippen LogP contribution is 2.31. The Morgan fingerprint density at radius 1 is 1.22 bits per heavy atom. The van der Waals surface area contributed by atoms with Crippen molar-refractivity contribution in [3.8, 4) is 11.1 Å². The summed E-state index contributed by atoms with van der Waals surface area (Å²) >= 11 is 0. The number of nitrogens with two attached hydrogens (primary N) is 1. The lowest BCUT2D eigenvalue weighted by Crippen LogP contribution is -2.19. The SMILES string of the molecule is Cn1c(=O)n(C)c2c(-c3cnoc3N)cccc21. The molecule has 92 valence electrons. The van der Waals surface area contributed by atoms with Crippen molar-refractivity contribution in [2.45, 2.75) is 0 Å². The number of rotatable bonds is 1. The second-order valence-electron chi connectivity index (χ2n) is 4.18. The summed E-state index contributed by atoms with van der Waals surface area (Å²) in [6, 6.07) is 5.66. The van der Waals surface area contributed by atoms with Crippen LogP contribution in [0.5, 0.6) is 0 Å². The summed E-state index contributed by atoms with van der Waals surface area (Å²) < 4.78 is 8.07. The van der Waals surface area contributed by atoms with Gasteiger partial charge in [0.1, 0.15) is 0 Å². The Hall–Kier alpha value is -2.50. The number of para-hydroxylation sites is 1. The van der Waals surface area contributed by atoms with Crippen molar-refractivity contribution < 1.29 is 4.52 Å². The Bertz CT molecular complexity index is 794. The van der Waals surface area contributed by atoms with Gasteiger partial charge in [-0.2, -0.15) is 0 Å². The second kappa shape index (κ2) is 3.49. The number of nitrogen functional groups attached to an aromatic ring is 1. The monoisotopic (exact) mass is 244 g/mol. The van der Waals surface area contributed by atoms with Crippen molar-refractivity contribution in [2.75, 3.05) is 5.73 Å². The number of anilines is 1. The lowest BCUT2D eigenvalue weighted by Gasteiger charge is -2.02. The highest BCUT2D eigenvalue weighted by atomic mass is 16.5. The Labute approximate surface area is 102 Å². The minimum atomic E-state index is -0.0764. The maximum absolute atomic E-state index is 12.0. The summed E-state index contributed by atoms with van der Waals surface area (Å²) in [5.74, 6) is 0.249. The zero-order valence-electron chi connectivity index (χ0n) is 10.0. The molecule has 0 radical (unpaired) electrons. The summed E-state index contributed by atoms with van der Waals surface area (Å²) in [7, 11) is 3.48. The van der Waals surface area contributed by atoms with Crippen LogP contribution in [0.1, 0.15) is 0 Å². The first kappa shape index (κ1) is 10.6. The van der Waals surface area contributed by atoms with Gasteiger partial charge in [0.15, 0.2) is 0 Å². The molecule has 18 heavy (non-hydrogen) atoms. The summed E-state index contributed by atoms with van der Waals surface area (Å²) in [6.45, 7) is 0. The van der Waals surface area contributed by atoms with Crippen LogP contribution in [-0.4, -0.2) is 14.3 Å². The van der Waals surface area contributed by atoms with Crippen LogP contribution in [0.25, 0.3) is 22.2 Å². The quantitative estimate of drug-likeness (QED) is 0.695. The lowest BCUT2D eigenvalue weighted by atomic mass is 10.1. The van der Waals surface area contributed by atoms with Gasteiger partial charge in [0.25, 0.3) is 0 Å². The van der Waals surface area contributed by atoms with Crippen LogP contribution in [-0.2, 0) is 14.1 Å². The predicted octanol–water partition coefficient (Wildman–Crippen LogP) is 1.11. The molecule has 0 amide bonds. The van der Waals surface area contributed by atoms with Gasteiger partial charge in [-0.05, 0) is 6.07 Å². The van der Waals surface area contributed by atoms with Crippen LogP contribution in [0, 0.1) is 0 Å². The summed E-state index contributed by atoms with van der Waals surface area (Å²) in [4.78, 5) is 12.0. The van der Waals surface area contributed by atoms with E-state index in [0.717, 1.165) is 16.6 Å². The maximum atomic E-state index is 12.0. The molecule has 0 aliphatic rings. The van der Waals surface area contributed by atoms with E-state index >= 15 is 0 Å². The van der Waals surface area contributed by atoms with Gasteiger partial charge in [-0.25, -0.2) is 4.79 Å². The van der Waals surface area contributed by atoms with Crippen molar-refractivity contribution in [2.24, 2.45) is 14.1 Å². The normalized spacial score (nSPS) is 11.2. The van der Waals surface area contributed by atoms with Gasteiger partial charge in [0.05, 0.1) is 22.8 Å². The first-order chi connectivity index (χ1) is 8.61. The van der Waals surface area contributed by atoms with E-state index < -0.39 is 0 Å². The molecule has 6 nitrogen and oxygen atoms in total. The van der Waals surface area contributed by atoms with E-state index in [2.05, 4.69) is 5.16 Å². The lowest BCUT2D eigenvalue weighted by molar-refractivity contribution is 0.436. The van der Waals surface area contributed by atoms with Gasteiger partial charge in [0.2, 0.25) is 5.88 Å². The van der Waals surface area contributed by atoms with Gasteiger partial charge < -0.3 is 10.3 Å². The molecule has 3 rings (SSSR count). The highest BCUT2D eigenvalue weighted by molar-refractivity contribution is 5.94. The largest absolute Gasteiger partial charge is 0.367 e. The van der Waals surface area contributed by atoms with Gasteiger partial charge in [-0.15, -0.1) is 0 Å². The maximum Gasteiger partial charge on any atom is 0.328 e. The summed E-state index contributed by atoms with van der Waals surface area (Å²) in [5.41, 5.74) is 8.86. The fourth-order valence-electron chi connectivity index (χ4n) is 2.25.